The number of cyclic esters (lactones) is 1. The second kappa shape index (κ2) is 3.71. The summed E-state index contributed by atoms with van der Waals surface area (Å²) in [6.45, 7) is 4.68. The van der Waals surface area contributed by atoms with Crippen molar-refractivity contribution in [1.29, 1.82) is 0 Å². The lowest BCUT2D eigenvalue weighted by atomic mass is 10.1. The molecule has 1 saturated heterocycles. The molecule has 0 aromatic carbocycles. The van der Waals surface area contributed by atoms with Crippen LogP contribution in [0.3, 0.4) is 0 Å². The topological polar surface area (TPSA) is 72.9 Å². The summed E-state index contributed by atoms with van der Waals surface area (Å²) >= 11 is 0. The van der Waals surface area contributed by atoms with Crippen LogP contribution in [0, 0.1) is 0 Å². The van der Waals surface area contributed by atoms with Gasteiger partial charge >= 0.3 is 6.09 Å². The Morgan fingerprint density at radius 1 is 1.50 bits per heavy atom. The maximum Gasteiger partial charge on any atom is 0.425 e. The predicted octanol–water partition coefficient (Wildman–Crippen LogP) is 1.17. The SMILES string of the molecule is CCO[PH](=O)N1C(=O)OC(C)(C)C1=O. The Labute approximate surface area is 82.1 Å². The average molecular weight is 221 g/mol. The Kier molecular flexibility index (Phi) is 2.97. The molecule has 0 radical (unpaired) electrons. The highest BCUT2D eigenvalue weighted by Gasteiger charge is 2.49. The van der Waals surface area contributed by atoms with Gasteiger partial charge < -0.3 is 9.26 Å². The fourth-order valence-corrected chi connectivity index (χ4v) is 2.01. The largest absolute Gasteiger partial charge is 0.433 e. The molecule has 1 rings (SSSR count). The van der Waals surface area contributed by atoms with Gasteiger partial charge in [0.25, 0.3) is 14.1 Å². The van der Waals surface area contributed by atoms with E-state index in [0.717, 1.165) is 0 Å². The first-order chi connectivity index (χ1) is 6.40. The molecule has 14 heavy (non-hydrogen) atoms. The van der Waals surface area contributed by atoms with Crippen LogP contribution in [0.25, 0.3) is 0 Å². The minimum Gasteiger partial charge on any atom is -0.433 e. The molecule has 0 spiro atoms. The maximum atomic E-state index is 11.5. The molecule has 0 saturated carbocycles. The van der Waals surface area contributed by atoms with Crippen molar-refractivity contribution in [2.75, 3.05) is 6.61 Å². The van der Waals surface area contributed by atoms with Crippen LogP contribution in [-0.4, -0.2) is 28.9 Å². The lowest BCUT2D eigenvalue weighted by Gasteiger charge is -2.12. The fourth-order valence-electron chi connectivity index (χ4n) is 1.01. The molecule has 80 valence electrons. The maximum absolute atomic E-state index is 11.5. The summed E-state index contributed by atoms with van der Waals surface area (Å²) in [6, 6.07) is 0. The van der Waals surface area contributed by atoms with Crippen molar-refractivity contribution < 1.29 is 23.4 Å². The highest BCUT2D eigenvalue weighted by atomic mass is 31.1. The summed E-state index contributed by atoms with van der Waals surface area (Å²) in [5.41, 5.74) is -1.24. The molecular formula is C7H12NO5P. The number of amides is 2. The second-order valence-corrected chi connectivity index (χ2v) is 4.49. The number of hydrogen-bond donors (Lipinski definition) is 0. The van der Waals surface area contributed by atoms with E-state index in [-0.39, 0.29) is 6.61 Å². The predicted molar refractivity (Wildman–Crippen MR) is 48.0 cm³/mol. The molecule has 1 aliphatic rings. The van der Waals surface area contributed by atoms with Gasteiger partial charge in [-0.15, -0.1) is 0 Å². The molecule has 1 fully saturated rings. The third-order valence-electron chi connectivity index (χ3n) is 1.69. The van der Waals surface area contributed by atoms with Crippen LogP contribution in [0.4, 0.5) is 4.79 Å². The molecule has 0 bridgehead atoms. The number of ether oxygens (including phenoxy) is 1. The molecule has 2 amide bonds. The molecule has 1 unspecified atom stereocenters. The number of carbonyl (C=O) groups is 2. The number of imide groups is 1. The number of nitrogens with zero attached hydrogens (tertiary/aromatic N) is 1. The van der Waals surface area contributed by atoms with Gasteiger partial charge in [-0.05, 0) is 20.8 Å². The van der Waals surface area contributed by atoms with Crippen LogP contribution < -0.4 is 0 Å². The van der Waals surface area contributed by atoms with E-state index in [9.17, 15) is 14.2 Å². The molecule has 6 nitrogen and oxygen atoms in total. The first-order valence-electron chi connectivity index (χ1n) is 4.14. The lowest BCUT2D eigenvalue weighted by Crippen LogP contribution is -2.32. The van der Waals surface area contributed by atoms with Crippen molar-refractivity contribution in [3.8, 4) is 0 Å². The minimum atomic E-state index is -2.83. The van der Waals surface area contributed by atoms with Crippen LogP contribution >= 0.6 is 8.18 Å². The van der Waals surface area contributed by atoms with Gasteiger partial charge in [-0.1, -0.05) is 0 Å². The molecule has 0 aromatic rings. The summed E-state index contributed by atoms with van der Waals surface area (Å²) in [7, 11) is -2.83. The third kappa shape index (κ3) is 1.81. The third-order valence-corrected chi connectivity index (χ3v) is 2.98. The molecule has 1 heterocycles. The van der Waals surface area contributed by atoms with Crippen LogP contribution in [0.2, 0.25) is 0 Å². The summed E-state index contributed by atoms with van der Waals surface area (Å²) in [5, 5.41) is 0. The van der Waals surface area contributed by atoms with E-state index >= 15 is 0 Å². The monoisotopic (exact) mass is 221 g/mol. The van der Waals surface area contributed by atoms with Crippen molar-refractivity contribution in [3.05, 3.63) is 0 Å². The summed E-state index contributed by atoms with van der Waals surface area (Å²) in [6.07, 6.45) is -0.905. The molecule has 7 heteroatoms. The second-order valence-electron chi connectivity index (χ2n) is 3.22. The molecular weight excluding hydrogens is 209 g/mol. The Balaban J connectivity index is 2.86. The van der Waals surface area contributed by atoms with Crippen LogP contribution in [0.1, 0.15) is 20.8 Å². The number of hydrogen-bond acceptors (Lipinski definition) is 5. The number of carbonyl (C=O) groups excluding carboxylic acids is 2. The average Bonchev–Trinajstić information content (AvgIpc) is 2.22. The Morgan fingerprint density at radius 2 is 2.07 bits per heavy atom. The highest BCUT2D eigenvalue weighted by Crippen LogP contribution is 2.37. The Bertz CT molecular complexity index is 300. The van der Waals surface area contributed by atoms with Gasteiger partial charge in [-0.3, -0.25) is 9.36 Å². The molecule has 0 aliphatic carbocycles. The quantitative estimate of drug-likeness (QED) is 0.669. The van der Waals surface area contributed by atoms with Crippen LogP contribution in [-0.2, 0) is 18.6 Å². The van der Waals surface area contributed by atoms with E-state index in [0.29, 0.717) is 4.67 Å². The van der Waals surface area contributed by atoms with Gasteiger partial charge in [0.2, 0.25) is 0 Å². The summed E-state index contributed by atoms with van der Waals surface area (Å²) in [4.78, 5) is 22.6. The summed E-state index contributed by atoms with van der Waals surface area (Å²) < 4.78 is 21.3. The Hall–Kier alpha value is -0.870. The van der Waals surface area contributed by atoms with Crippen molar-refractivity contribution in [2.45, 2.75) is 26.4 Å². The van der Waals surface area contributed by atoms with Crippen molar-refractivity contribution in [3.63, 3.8) is 0 Å². The Morgan fingerprint density at radius 3 is 2.43 bits per heavy atom. The van der Waals surface area contributed by atoms with E-state index in [1.54, 1.807) is 6.92 Å². The molecule has 1 atom stereocenters. The molecule has 0 N–H and O–H groups in total. The normalized spacial score (nSPS) is 22.4. The zero-order valence-corrected chi connectivity index (χ0v) is 9.20. The number of rotatable bonds is 3. The van der Waals surface area contributed by atoms with Crippen molar-refractivity contribution in [2.24, 2.45) is 0 Å². The van der Waals surface area contributed by atoms with Gasteiger partial charge in [0.1, 0.15) is 0 Å². The summed E-state index contributed by atoms with van der Waals surface area (Å²) in [5.74, 6) is -0.625. The highest BCUT2D eigenvalue weighted by molar-refractivity contribution is 7.38. The zero-order valence-electron chi connectivity index (χ0n) is 8.20. The van der Waals surface area contributed by atoms with Gasteiger partial charge in [-0.25, -0.2) is 4.79 Å². The van der Waals surface area contributed by atoms with E-state index < -0.39 is 25.8 Å². The molecule has 0 aromatic heterocycles. The van der Waals surface area contributed by atoms with Gasteiger partial charge in [-0.2, -0.15) is 4.67 Å². The van der Waals surface area contributed by atoms with Crippen LogP contribution in [0.15, 0.2) is 0 Å². The standard InChI is InChI=1S/C7H12NO5P/c1-4-12-14(11)8-5(9)7(2,3)13-6(8)10/h14H,4H2,1-3H3. The lowest BCUT2D eigenvalue weighted by molar-refractivity contribution is -0.132. The van der Waals surface area contributed by atoms with Gasteiger partial charge in [0, 0.05) is 0 Å². The first-order valence-corrected chi connectivity index (χ1v) is 5.41. The van der Waals surface area contributed by atoms with Crippen molar-refractivity contribution >= 4 is 20.2 Å². The smallest absolute Gasteiger partial charge is 0.425 e. The first kappa shape index (κ1) is 11.2. The minimum absolute atomic E-state index is 0.176. The van der Waals surface area contributed by atoms with Crippen molar-refractivity contribution in [1.82, 2.24) is 4.67 Å². The van der Waals surface area contributed by atoms with E-state index in [2.05, 4.69) is 0 Å². The van der Waals surface area contributed by atoms with Gasteiger partial charge in [0.05, 0.1) is 6.61 Å². The van der Waals surface area contributed by atoms with E-state index in [1.807, 2.05) is 0 Å². The van der Waals surface area contributed by atoms with E-state index in [1.165, 1.54) is 13.8 Å². The molecule has 1 aliphatic heterocycles. The van der Waals surface area contributed by atoms with Crippen LogP contribution in [0.5, 0.6) is 0 Å². The fraction of sp³-hybridized carbons (Fsp3) is 0.714. The zero-order chi connectivity index (χ0) is 10.9. The van der Waals surface area contributed by atoms with E-state index in [4.69, 9.17) is 9.26 Å². The van der Waals surface area contributed by atoms with Gasteiger partial charge in [0.15, 0.2) is 5.60 Å².